The number of hydrogen-bond acceptors (Lipinski definition) is 3. The van der Waals surface area contributed by atoms with Crippen molar-refractivity contribution in [3.05, 3.63) is 0 Å². The quantitative estimate of drug-likeness (QED) is 0.619. The molecule has 0 aromatic carbocycles. The molecule has 1 saturated heterocycles. The Kier molecular flexibility index (Phi) is 5.65. The molecular formula is C11H23N3O. The van der Waals surface area contributed by atoms with Gasteiger partial charge in [0.1, 0.15) is 0 Å². The zero-order valence-corrected chi connectivity index (χ0v) is 9.88. The number of likely N-dealkylation sites (tertiary alicyclic amines) is 1. The van der Waals surface area contributed by atoms with Crippen LogP contribution in [0.15, 0.2) is 0 Å². The summed E-state index contributed by atoms with van der Waals surface area (Å²) in [4.78, 5) is 13.7. The molecule has 4 heteroatoms. The number of carbonyl (C=O) groups is 1. The van der Waals surface area contributed by atoms with Crippen molar-refractivity contribution in [2.45, 2.75) is 32.2 Å². The predicted molar refractivity (Wildman–Crippen MR) is 61.8 cm³/mol. The lowest BCUT2D eigenvalue weighted by Gasteiger charge is -2.19. The van der Waals surface area contributed by atoms with Crippen LogP contribution in [0, 0.1) is 0 Å². The molecule has 1 aliphatic heterocycles. The van der Waals surface area contributed by atoms with Gasteiger partial charge in [-0.15, -0.1) is 0 Å². The Balaban J connectivity index is 2.05. The van der Waals surface area contributed by atoms with Gasteiger partial charge in [0.15, 0.2) is 0 Å². The number of carbonyl (C=O) groups excluding carboxylic acids is 1. The Morgan fingerprint density at radius 1 is 1.53 bits per heavy atom. The average Bonchev–Trinajstić information content (AvgIpc) is 2.61. The second kappa shape index (κ2) is 6.80. The number of hydrogen-bond donors (Lipinski definition) is 2. The summed E-state index contributed by atoms with van der Waals surface area (Å²) in [6.07, 6.45) is 3.06. The summed E-state index contributed by atoms with van der Waals surface area (Å²) in [5, 5.41) is 6.14. The molecule has 0 spiro atoms. The highest BCUT2D eigenvalue weighted by atomic mass is 16.1. The molecule has 4 nitrogen and oxygen atoms in total. The summed E-state index contributed by atoms with van der Waals surface area (Å²) in [6.45, 7) is 5.73. The second-order valence-electron chi connectivity index (χ2n) is 4.18. The van der Waals surface area contributed by atoms with Crippen molar-refractivity contribution >= 4 is 5.91 Å². The lowest BCUT2D eigenvalue weighted by atomic mass is 10.2. The molecule has 88 valence electrons. The van der Waals surface area contributed by atoms with E-state index in [-0.39, 0.29) is 5.91 Å². The van der Waals surface area contributed by atoms with Crippen molar-refractivity contribution in [3.63, 3.8) is 0 Å². The normalized spacial score (nSPS) is 21.9. The fraction of sp³-hybridized carbons (Fsp3) is 0.909. The third kappa shape index (κ3) is 4.62. The first-order valence-corrected chi connectivity index (χ1v) is 5.91. The minimum absolute atomic E-state index is 0.163. The fourth-order valence-corrected chi connectivity index (χ4v) is 1.94. The van der Waals surface area contributed by atoms with Crippen LogP contribution in [0.4, 0.5) is 0 Å². The molecule has 0 saturated carbocycles. The predicted octanol–water partition coefficient (Wildman–Crippen LogP) is 0.196. The molecule has 0 aromatic rings. The van der Waals surface area contributed by atoms with Gasteiger partial charge in [0.2, 0.25) is 5.91 Å². The first-order chi connectivity index (χ1) is 7.24. The first-order valence-electron chi connectivity index (χ1n) is 5.91. The maximum Gasteiger partial charge on any atom is 0.221 e. The summed E-state index contributed by atoms with van der Waals surface area (Å²) in [5.41, 5.74) is 0. The van der Waals surface area contributed by atoms with Crippen molar-refractivity contribution in [3.8, 4) is 0 Å². The van der Waals surface area contributed by atoms with Crippen LogP contribution in [0.1, 0.15) is 26.2 Å². The minimum atomic E-state index is 0.163. The number of nitrogens with zero attached hydrogens (tertiary/aromatic N) is 1. The molecule has 0 aromatic heterocycles. The third-order valence-electron chi connectivity index (χ3n) is 2.99. The molecule has 0 aliphatic carbocycles. The monoisotopic (exact) mass is 213 g/mol. The minimum Gasteiger partial charge on any atom is -0.354 e. The highest BCUT2D eigenvalue weighted by molar-refractivity contribution is 5.76. The van der Waals surface area contributed by atoms with E-state index in [1.165, 1.54) is 12.8 Å². The van der Waals surface area contributed by atoms with Crippen molar-refractivity contribution in [1.29, 1.82) is 0 Å². The van der Waals surface area contributed by atoms with E-state index >= 15 is 0 Å². The Morgan fingerprint density at radius 3 is 2.93 bits per heavy atom. The molecule has 1 fully saturated rings. The third-order valence-corrected chi connectivity index (χ3v) is 2.99. The van der Waals surface area contributed by atoms with E-state index in [0.29, 0.717) is 12.5 Å². The summed E-state index contributed by atoms with van der Waals surface area (Å²) in [5.74, 6) is 0.163. The van der Waals surface area contributed by atoms with Crippen LogP contribution < -0.4 is 10.6 Å². The lowest BCUT2D eigenvalue weighted by molar-refractivity contribution is -0.121. The maximum absolute atomic E-state index is 11.4. The number of likely N-dealkylation sites (N-methyl/N-ethyl adjacent to an activating group) is 1. The summed E-state index contributed by atoms with van der Waals surface area (Å²) in [6, 6.07) is 0.549. The second-order valence-corrected chi connectivity index (χ2v) is 4.18. The van der Waals surface area contributed by atoms with Crippen molar-refractivity contribution < 1.29 is 4.79 Å². The van der Waals surface area contributed by atoms with Crippen molar-refractivity contribution in [2.75, 3.05) is 33.2 Å². The number of nitrogens with one attached hydrogen (secondary N) is 2. The van der Waals surface area contributed by atoms with E-state index in [1.54, 1.807) is 0 Å². The molecule has 1 aliphatic rings. The molecule has 0 radical (unpaired) electrons. The lowest BCUT2D eigenvalue weighted by Crippen LogP contribution is -2.39. The van der Waals surface area contributed by atoms with Gasteiger partial charge in [0, 0.05) is 25.6 Å². The molecule has 1 heterocycles. The van der Waals surface area contributed by atoms with Crippen LogP contribution in [0.25, 0.3) is 0 Å². The van der Waals surface area contributed by atoms with Crippen LogP contribution in [-0.4, -0.2) is 50.1 Å². The standard InChI is InChI=1S/C11H23N3O/c1-3-12-7-6-11(15)13-9-10-5-4-8-14(10)2/h10,12H,3-9H2,1-2H3,(H,13,15). The summed E-state index contributed by atoms with van der Waals surface area (Å²) >= 11 is 0. The van der Waals surface area contributed by atoms with Crippen LogP contribution in [-0.2, 0) is 4.79 Å². The van der Waals surface area contributed by atoms with E-state index < -0.39 is 0 Å². The van der Waals surface area contributed by atoms with Crippen LogP contribution >= 0.6 is 0 Å². The van der Waals surface area contributed by atoms with Gasteiger partial charge in [-0.05, 0) is 33.0 Å². The van der Waals surface area contributed by atoms with Gasteiger partial charge < -0.3 is 15.5 Å². The van der Waals surface area contributed by atoms with Gasteiger partial charge >= 0.3 is 0 Å². The van der Waals surface area contributed by atoms with E-state index in [1.807, 2.05) is 6.92 Å². The molecule has 15 heavy (non-hydrogen) atoms. The van der Waals surface area contributed by atoms with Gasteiger partial charge in [-0.3, -0.25) is 4.79 Å². The van der Waals surface area contributed by atoms with Gasteiger partial charge in [-0.25, -0.2) is 0 Å². The molecule has 1 atom stereocenters. The number of rotatable bonds is 6. The zero-order chi connectivity index (χ0) is 11.1. The Hall–Kier alpha value is -0.610. The van der Waals surface area contributed by atoms with Gasteiger partial charge in [0.25, 0.3) is 0 Å². The fourth-order valence-electron chi connectivity index (χ4n) is 1.94. The highest BCUT2D eigenvalue weighted by Crippen LogP contribution is 2.13. The summed E-state index contributed by atoms with van der Waals surface area (Å²) < 4.78 is 0. The smallest absolute Gasteiger partial charge is 0.221 e. The van der Waals surface area contributed by atoms with E-state index in [4.69, 9.17) is 0 Å². The largest absolute Gasteiger partial charge is 0.354 e. The average molecular weight is 213 g/mol. The van der Waals surface area contributed by atoms with Crippen LogP contribution in [0.3, 0.4) is 0 Å². The Labute approximate surface area is 92.4 Å². The topological polar surface area (TPSA) is 44.4 Å². The SMILES string of the molecule is CCNCCC(=O)NCC1CCCN1C. The van der Waals surface area contributed by atoms with Crippen molar-refractivity contribution in [1.82, 2.24) is 15.5 Å². The first kappa shape index (κ1) is 12.5. The molecule has 1 unspecified atom stereocenters. The molecule has 1 amide bonds. The van der Waals surface area contributed by atoms with Gasteiger partial charge in [0.05, 0.1) is 0 Å². The van der Waals surface area contributed by atoms with Crippen molar-refractivity contribution in [2.24, 2.45) is 0 Å². The van der Waals surface area contributed by atoms with E-state index in [2.05, 4.69) is 22.6 Å². The van der Waals surface area contributed by atoms with Crippen LogP contribution in [0.2, 0.25) is 0 Å². The molecular weight excluding hydrogens is 190 g/mol. The highest BCUT2D eigenvalue weighted by Gasteiger charge is 2.20. The molecule has 0 bridgehead atoms. The molecule has 2 N–H and O–H groups in total. The van der Waals surface area contributed by atoms with Gasteiger partial charge in [-0.2, -0.15) is 0 Å². The van der Waals surface area contributed by atoms with E-state index in [0.717, 1.165) is 26.2 Å². The number of amides is 1. The summed E-state index contributed by atoms with van der Waals surface area (Å²) in [7, 11) is 2.13. The Bertz CT molecular complexity index is 196. The zero-order valence-electron chi connectivity index (χ0n) is 9.88. The van der Waals surface area contributed by atoms with Crippen LogP contribution in [0.5, 0.6) is 0 Å². The molecule has 1 rings (SSSR count). The van der Waals surface area contributed by atoms with E-state index in [9.17, 15) is 4.79 Å². The van der Waals surface area contributed by atoms with Gasteiger partial charge in [-0.1, -0.05) is 6.92 Å². The Morgan fingerprint density at radius 2 is 2.33 bits per heavy atom. The maximum atomic E-state index is 11.4.